The van der Waals surface area contributed by atoms with Crippen molar-refractivity contribution >= 4 is 23.4 Å². The maximum Gasteiger partial charge on any atom is 0.225 e. The number of benzene rings is 2. The number of carbonyl (C=O) groups excluding carboxylic acids is 1. The quantitative estimate of drug-likeness (QED) is 0.778. The van der Waals surface area contributed by atoms with Gasteiger partial charge >= 0.3 is 0 Å². The summed E-state index contributed by atoms with van der Waals surface area (Å²) in [6.45, 7) is 6.13. The molecule has 0 radical (unpaired) electrons. The summed E-state index contributed by atoms with van der Waals surface area (Å²) in [5.41, 5.74) is 4.38. The molecule has 0 spiro atoms. The van der Waals surface area contributed by atoms with Gasteiger partial charge < -0.3 is 10.1 Å². The lowest BCUT2D eigenvalue weighted by Gasteiger charge is -2.12. The highest BCUT2D eigenvalue weighted by Crippen LogP contribution is 2.24. The topological polar surface area (TPSA) is 38.3 Å². The van der Waals surface area contributed by atoms with Crippen LogP contribution in [0.3, 0.4) is 0 Å². The monoisotopic (exact) mass is 329 g/mol. The molecule has 3 nitrogen and oxygen atoms in total. The highest BCUT2D eigenvalue weighted by atomic mass is 32.2. The van der Waals surface area contributed by atoms with Crippen molar-refractivity contribution in [2.24, 2.45) is 0 Å². The predicted octanol–water partition coefficient (Wildman–Crippen LogP) is 4.74. The van der Waals surface area contributed by atoms with Crippen molar-refractivity contribution in [1.82, 2.24) is 0 Å². The van der Waals surface area contributed by atoms with E-state index in [2.05, 4.69) is 24.4 Å². The van der Waals surface area contributed by atoms with Crippen molar-refractivity contribution in [2.45, 2.75) is 32.1 Å². The van der Waals surface area contributed by atoms with E-state index in [4.69, 9.17) is 4.74 Å². The SMILES string of the molecule is COc1ccc(SCCC(=O)Nc2c(C)cc(C)cc2C)cc1. The minimum atomic E-state index is 0.0565. The Labute approximate surface area is 142 Å². The minimum Gasteiger partial charge on any atom is -0.497 e. The van der Waals surface area contributed by atoms with Gasteiger partial charge in [0.15, 0.2) is 0 Å². The summed E-state index contributed by atoms with van der Waals surface area (Å²) in [4.78, 5) is 13.3. The second-order valence-corrected chi connectivity index (χ2v) is 6.76. The number of aryl methyl sites for hydroxylation is 3. The molecular weight excluding hydrogens is 306 g/mol. The van der Waals surface area contributed by atoms with Gasteiger partial charge in [-0.25, -0.2) is 0 Å². The van der Waals surface area contributed by atoms with Crippen LogP contribution in [0.4, 0.5) is 5.69 Å². The lowest BCUT2D eigenvalue weighted by molar-refractivity contribution is -0.115. The molecule has 23 heavy (non-hydrogen) atoms. The van der Waals surface area contributed by atoms with Crippen LogP contribution in [-0.4, -0.2) is 18.8 Å². The van der Waals surface area contributed by atoms with Gasteiger partial charge in [0.2, 0.25) is 5.91 Å². The van der Waals surface area contributed by atoms with E-state index in [1.165, 1.54) is 5.56 Å². The Morgan fingerprint density at radius 1 is 1.09 bits per heavy atom. The van der Waals surface area contributed by atoms with Crippen LogP contribution in [-0.2, 0) is 4.79 Å². The van der Waals surface area contributed by atoms with Crippen molar-refractivity contribution in [2.75, 3.05) is 18.2 Å². The second kappa shape index (κ2) is 8.06. The molecule has 0 fully saturated rings. The summed E-state index contributed by atoms with van der Waals surface area (Å²) in [6, 6.07) is 12.1. The molecule has 1 N–H and O–H groups in total. The Morgan fingerprint density at radius 2 is 1.70 bits per heavy atom. The molecule has 122 valence electrons. The molecule has 0 heterocycles. The number of amides is 1. The summed E-state index contributed by atoms with van der Waals surface area (Å²) in [7, 11) is 1.65. The zero-order chi connectivity index (χ0) is 16.8. The molecule has 0 aliphatic rings. The van der Waals surface area contributed by atoms with Crippen molar-refractivity contribution in [1.29, 1.82) is 0 Å². The van der Waals surface area contributed by atoms with E-state index in [9.17, 15) is 4.79 Å². The summed E-state index contributed by atoms with van der Waals surface area (Å²) in [6.07, 6.45) is 0.490. The van der Waals surface area contributed by atoms with Gasteiger partial charge in [0.05, 0.1) is 7.11 Å². The zero-order valence-electron chi connectivity index (χ0n) is 14.1. The van der Waals surface area contributed by atoms with Crippen molar-refractivity contribution < 1.29 is 9.53 Å². The Kier molecular flexibility index (Phi) is 6.11. The molecule has 0 aliphatic heterocycles. The first-order chi connectivity index (χ1) is 11.0. The van der Waals surface area contributed by atoms with E-state index in [0.29, 0.717) is 6.42 Å². The molecule has 2 rings (SSSR count). The molecule has 0 bridgehead atoms. The Hall–Kier alpha value is -1.94. The number of hydrogen-bond acceptors (Lipinski definition) is 3. The zero-order valence-corrected chi connectivity index (χ0v) is 14.9. The van der Waals surface area contributed by atoms with Crippen LogP contribution in [0, 0.1) is 20.8 Å². The number of rotatable bonds is 6. The average molecular weight is 329 g/mol. The van der Waals surface area contributed by atoms with E-state index in [0.717, 1.165) is 33.2 Å². The number of ether oxygens (including phenoxy) is 1. The lowest BCUT2D eigenvalue weighted by Crippen LogP contribution is -2.14. The molecule has 1 amide bonds. The van der Waals surface area contributed by atoms with Crippen LogP contribution in [0.1, 0.15) is 23.1 Å². The van der Waals surface area contributed by atoms with Gasteiger partial charge in [0, 0.05) is 22.8 Å². The van der Waals surface area contributed by atoms with E-state index < -0.39 is 0 Å². The fraction of sp³-hybridized carbons (Fsp3) is 0.316. The van der Waals surface area contributed by atoms with E-state index >= 15 is 0 Å². The van der Waals surface area contributed by atoms with E-state index in [1.807, 2.05) is 38.1 Å². The number of methoxy groups -OCH3 is 1. The van der Waals surface area contributed by atoms with Crippen LogP contribution in [0.25, 0.3) is 0 Å². The standard InChI is InChI=1S/C19H23NO2S/c1-13-11-14(2)19(15(3)12-13)20-18(21)9-10-23-17-7-5-16(22-4)6-8-17/h5-8,11-12H,9-10H2,1-4H3,(H,20,21). The normalized spacial score (nSPS) is 10.4. The second-order valence-electron chi connectivity index (χ2n) is 5.60. The fourth-order valence-electron chi connectivity index (χ4n) is 2.51. The smallest absolute Gasteiger partial charge is 0.225 e. The van der Waals surface area contributed by atoms with Crippen molar-refractivity contribution in [3.63, 3.8) is 0 Å². The number of anilines is 1. The maximum atomic E-state index is 12.1. The third-order valence-electron chi connectivity index (χ3n) is 3.60. The van der Waals surface area contributed by atoms with Gasteiger partial charge in [0.25, 0.3) is 0 Å². The molecule has 2 aromatic carbocycles. The summed E-state index contributed by atoms with van der Waals surface area (Å²) in [5.74, 6) is 1.65. The first kappa shape index (κ1) is 17.4. The Morgan fingerprint density at radius 3 is 2.26 bits per heavy atom. The lowest BCUT2D eigenvalue weighted by atomic mass is 10.1. The van der Waals surface area contributed by atoms with Crippen LogP contribution in [0.15, 0.2) is 41.3 Å². The fourth-order valence-corrected chi connectivity index (χ4v) is 3.36. The van der Waals surface area contributed by atoms with Crippen molar-refractivity contribution in [3.8, 4) is 5.75 Å². The number of carbonyl (C=O) groups is 1. The number of hydrogen-bond donors (Lipinski definition) is 1. The highest BCUT2D eigenvalue weighted by molar-refractivity contribution is 7.99. The third-order valence-corrected chi connectivity index (χ3v) is 4.61. The molecule has 0 saturated carbocycles. The molecule has 0 saturated heterocycles. The van der Waals surface area contributed by atoms with Crippen molar-refractivity contribution in [3.05, 3.63) is 53.1 Å². The largest absolute Gasteiger partial charge is 0.497 e. The molecule has 2 aromatic rings. The summed E-state index contributed by atoms with van der Waals surface area (Å²) >= 11 is 1.67. The van der Waals surface area contributed by atoms with Gasteiger partial charge in [0.1, 0.15) is 5.75 Å². The van der Waals surface area contributed by atoms with E-state index in [1.54, 1.807) is 18.9 Å². The Balaban J connectivity index is 1.85. The van der Waals surface area contributed by atoms with Crippen LogP contribution < -0.4 is 10.1 Å². The molecule has 0 unspecified atom stereocenters. The van der Waals surface area contributed by atoms with Crippen LogP contribution in [0.5, 0.6) is 5.75 Å². The maximum absolute atomic E-state index is 12.1. The van der Waals surface area contributed by atoms with Crippen LogP contribution in [0.2, 0.25) is 0 Å². The average Bonchev–Trinajstić information content (AvgIpc) is 2.51. The van der Waals surface area contributed by atoms with Gasteiger partial charge in [-0.05, 0) is 56.2 Å². The number of nitrogens with one attached hydrogen (secondary N) is 1. The summed E-state index contributed by atoms with van der Waals surface area (Å²) < 4.78 is 5.14. The molecule has 4 heteroatoms. The first-order valence-electron chi connectivity index (χ1n) is 7.64. The first-order valence-corrected chi connectivity index (χ1v) is 8.62. The number of thioether (sulfide) groups is 1. The minimum absolute atomic E-state index is 0.0565. The van der Waals surface area contributed by atoms with Gasteiger partial charge in [-0.15, -0.1) is 11.8 Å². The van der Waals surface area contributed by atoms with Gasteiger partial charge in [-0.1, -0.05) is 17.7 Å². The molecule has 0 atom stereocenters. The molecule has 0 aliphatic carbocycles. The van der Waals surface area contributed by atoms with Gasteiger partial charge in [-0.3, -0.25) is 4.79 Å². The van der Waals surface area contributed by atoms with Gasteiger partial charge in [-0.2, -0.15) is 0 Å². The van der Waals surface area contributed by atoms with E-state index in [-0.39, 0.29) is 5.91 Å². The molecular formula is C19H23NO2S. The predicted molar refractivity (Wildman–Crippen MR) is 97.6 cm³/mol. The summed E-state index contributed by atoms with van der Waals surface area (Å²) in [5, 5.41) is 3.04. The highest BCUT2D eigenvalue weighted by Gasteiger charge is 2.08. The Bertz CT molecular complexity index is 657. The van der Waals surface area contributed by atoms with Crippen LogP contribution >= 0.6 is 11.8 Å². The molecule has 0 aromatic heterocycles. The third kappa shape index (κ3) is 5.03.